The van der Waals surface area contributed by atoms with Crippen molar-refractivity contribution in [1.29, 1.82) is 0 Å². The van der Waals surface area contributed by atoms with E-state index in [1.807, 2.05) is 13.8 Å². The third kappa shape index (κ3) is 5.16. The Morgan fingerprint density at radius 2 is 1.70 bits per heavy atom. The third-order valence-corrected chi connectivity index (χ3v) is 3.74. The molecule has 128 valence electrons. The summed E-state index contributed by atoms with van der Waals surface area (Å²) in [6.07, 6.45) is 0.155. The van der Waals surface area contributed by atoms with Gasteiger partial charge in [-0.05, 0) is 32.0 Å². The molecular formula is C17H26N2O4. The SMILES string of the molecule is CCN(CC)C(=O)CN(C)C(=O)Cc1cc(OC)ccc1OC. The first-order valence-corrected chi connectivity index (χ1v) is 7.69. The highest BCUT2D eigenvalue weighted by atomic mass is 16.5. The Morgan fingerprint density at radius 1 is 1.04 bits per heavy atom. The zero-order valence-corrected chi connectivity index (χ0v) is 14.6. The zero-order chi connectivity index (χ0) is 17.4. The standard InChI is InChI=1S/C17H26N2O4/c1-6-19(7-2)17(21)12-18(3)16(20)11-13-10-14(22-4)8-9-15(13)23-5/h8-10H,6-7,11-12H2,1-5H3. The summed E-state index contributed by atoms with van der Waals surface area (Å²) < 4.78 is 10.5. The number of hydrogen-bond donors (Lipinski definition) is 0. The normalized spacial score (nSPS) is 10.1. The lowest BCUT2D eigenvalue weighted by Crippen LogP contribution is -2.41. The minimum Gasteiger partial charge on any atom is -0.497 e. The van der Waals surface area contributed by atoms with Crippen molar-refractivity contribution < 1.29 is 19.1 Å². The van der Waals surface area contributed by atoms with E-state index in [0.29, 0.717) is 24.6 Å². The van der Waals surface area contributed by atoms with Gasteiger partial charge in [0.1, 0.15) is 11.5 Å². The quantitative estimate of drug-likeness (QED) is 0.729. The van der Waals surface area contributed by atoms with E-state index in [1.54, 1.807) is 44.4 Å². The maximum absolute atomic E-state index is 12.4. The van der Waals surface area contributed by atoms with Crippen molar-refractivity contribution >= 4 is 11.8 Å². The van der Waals surface area contributed by atoms with Crippen LogP contribution >= 0.6 is 0 Å². The number of nitrogens with zero attached hydrogens (tertiary/aromatic N) is 2. The van der Waals surface area contributed by atoms with E-state index in [2.05, 4.69) is 0 Å². The number of hydrogen-bond acceptors (Lipinski definition) is 4. The molecule has 23 heavy (non-hydrogen) atoms. The van der Waals surface area contributed by atoms with E-state index in [4.69, 9.17) is 9.47 Å². The molecule has 1 rings (SSSR count). The van der Waals surface area contributed by atoms with Crippen molar-refractivity contribution in [3.63, 3.8) is 0 Å². The number of amides is 2. The Hall–Kier alpha value is -2.24. The van der Waals surface area contributed by atoms with E-state index >= 15 is 0 Å². The summed E-state index contributed by atoms with van der Waals surface area (Å²) in [5, 5.41) is 0. The summed E-state index contributed by atoms with van der Waals surface area (Å²) in [5.74, 6) is 1.10. The zero-order valence-electron chi connectivity index (χ0n) is 14.6. The molecule has 0 aromatic heterocycles. The van der Waals surface area contributed by atoms with Gasteiger partial charge in [0, 0.05) is 25.7 Å². The van der Waals surface area contributed by atoms with Crippen LogP contribution in [-0.4, -0.2) is 62.5 Å². The average molecular weight is 322 g/mol. The molecule has 0 saturated heterocycles. The molecule has 0 aliphatic carbocycles. The largest absolute Gasteiger partial charge is 0.497 e. The summed E-state index contributed by atoms with van der Waals surface area (Å²) >= 11 is 0. The summed E-state index contributed by atoms with van der Waals surface area (Å²) in [6, 6.07) is 5.32. The molecule has 0 fully saturated rings. The number of methoxy groups -OCH3 is 2. The van der Waals surface area contributed by atoms with Crippen LogP contribution in [0.2, 0.25) is 0 Å². The van der Waals surface area contributed by atoms with Crippen molar-refractivity contribution in [2.24, 2.45) is 0 Å². The Balaban J connectivity index is 2.77. The van der Waals surface area contributed by atoms with Gasteiger partial charge in [-0.1, -0.05) is 0 Å². The Morgan fingerprint density at radius 3 is 2.22 bits per heavy atom. The lowest BCUT2D eigenvalue weighted by molar-refractivity contribution is -0.138. The molecule has 0 saturated carbocycles. The highest BCUT2D eigenvalue weighted by Crippen LogP contribution is 2.24. The molecule has 1 aromatic carbocycles. The van der Waals surface area contributed by atoms with Gasteiger partial charge in [-0.25, -0.2) is 0 Å². The molecule has 0 unspecified atom stereocenters. The topological polar surface area (TPSA) is 59.1 Å². The van der Waals surface area contributed by atoms with Crippen molar-refractivity contribution in [3.8, 4) is 11.5 Å². The predicted octanol–water partition coefficient (Wildman–Crippen LogP) is 1.57. The van der Waals surface area contributed by atoms with Crippen LogP contribution in [0.25, 0.3) is 0 Å². The minimum absolute atomic E-state index is 0.0524. The maximum Gasteiger partial charge on any atom is 0.242 e. The Bertz CT molecular complexity index is 541. The summed E-state index contributed by atoms with van der Waals surface area (Å²) in [7, 11) is 4.77. The number of carbonyl (C=O) groups excluding carboxylic acids is 2. The molecule has 1 aromatic rings. The van der Waals surface area contributed by atoms with Crippen LogP contribution in [0.1, 0.15) is 19.4 Å². The smallest absolute Gasteiger partial charge is 0.242 e. The summed E-state index contributed by atoms with van der Waals surface area (Å²) in [5.41, 5.74) is 0.735. The molecule has 6 nitrogen and oxygen atoms in total. The van der Waals surface area contributed by atoms with E-state index in [1.165, 1.54) is 4.90 Å². The van der Waals surface area contributed by atoms with Gasteiger partial charge in [0.2, 0.25) is 11.8 Å². The van der Waals surface area contributed by atoms with E-state index in [-0.39, 0.29) is 24.8 Å². The second-order valence-electron chi connectivity index (χ2n) is 5.17. The molecule has 0 bridgehead atoms. The van der Waals surface area contributed by atoms with Gasteiger partial charge >= 0.3 is 0 Å². The van der Waals surface area contributed by atoms with Crippen LogP contribution in [0.5, 0.6) is 11.5 Å². The maximum atomic E-state index is 12.4. The van der Waals surface area contributed by atoms with Gasteiger partial charge in [0.15, 0.2) is 0 Å². The molecule has 0 N–H and O–H groups in total. The predicted molar refractivity (Wildman–Crippen MR) is 88.8 cm³/mol. The fourth-order valence-corrected chi connectivity index (χ4v) is 2.29. The Kier molecular flexibility index (Phi) is 7.38. The molecule has 0 atom stereocenters. The molecule has 0 heterocycles. The van der Waals surface area contributed by atoms with Crippen LogP contribution < -0.4 is 9.47 Å². The highest BCUT2D eigenvalue weighted by Gasteiger charge is 2.18. The summed E-state index contributed by atoms with van der Waals surface area (Å²) in [4.78, 5) is 27.6. The van der Waals surface area contributed by atoms with E-state index < -0.39 is 0 Å². The molecule has 0 aliphatic rings. The number of ether oxygens (including phenoxy) is 2. The number of likely N-dealkylation sites (N-methyl/N-ethyl adjacent to an activating group) is 2. The minimum atomic E-state index is -0.142. The first kappa shape index (κ1) is 18.8. The van der Waals surface area contributed by atoms with Crippen LogP contribution in [0.4, 0.5) is 0 Å². The molecule has 0 aliphatic heterocycles. The van der Waals surface area contributed by atoms with Gasteiger partial charge in [0.25, 0.3) is 0 Å². The second kappa shape index (κ2) is 9.02. The number of carbonyl (C=O) groups is 2. The first-order valence-electron chi connectivity index (χ1n) is 7.69. The van der Waals surface area contributed by atoms with Gasteiger partial charge < -0.3 is 19.3 Å². The highest BCUT2D eigenvalue weighted by molar-refractivity contribution is 5.86. The van der Waals surface area contributed by atoms with E-state index in [9.17, 15) is 9.59 Å². The van der Waals surface area contributed by atoms with Gasteiger partial charge in [-0.3, -0.25) is 9.59 Å². The van der Waals surface area contributed by atoms with Crippen molar-refractivity contribution in [1.82, 2.24) is 9.80 Å². The average Bonchev–Trinajstić information content (AvgIpc) is 2.55. The molecule has 6 heteroatoms. The van der Waals surface area contributed by atoms with Crippen LogP contribution in [0, 0.1) is 0 Å². The second-order valence-corrected chi connectivity index (χ2v) is 5.17. The Labute approximate surface area is 138 Å². The number of rotatable bonds is 8. The summed E-state index contributed by atoms with van der Waals surface area (Å²) in [6.45, 7) is 5.20. The lowest BCUT2D eigenvalue weighted by atomic mass is 10.1. The first-order chi connectivity index (χ1) is 11.0. The third-order valence-electron chi connectivity index (χ3n) is 3.74. The van der Waals surface area contributed by atoms with E-state index in [0.717, 1.165) is 5.56 Å². The lowest BCUT2D eigenvalue weighted by Gasteiger charge is -2.23. The fourth-order valence-electron chi connectivity index (χ4n) is 2.29. The molecule has 0 radical (unpaired) electrons. The van der Waals surface area contributed by atoms with Gasteiger partial charge in [-0.15, -0.1) is 0 Å². The molecule has 2 amide bonds. The van der Waals surface area contributed by atoms with Crippen molar-refractivity contribution in [2.75, 3.05) is 40.9 Å². The van der Waals surface area contributed by atoms with Gasteiger partial charge in [0.05, 0.1) is 27.2 Å². The molecular weight excluding hydrogens is 296 g/mol. The van der Waals surface area contributed by atoms with Crippen LogP contribution in [0.15, 0.2) is 18.2 Å². The van der Waals surface area contributed by atoms with Gasteiger partial charge in [-0.2, -0.15) is 0 Å². The number of benzene rings is 1. The monoisotopic (exact) mass is 322 g/mol. The van der Waals surface area contributed by atoms with Crippen molar-refractivity contribution in [3.05, 3.63) is 23.8 Å². The molecule has 0 spiro atoms. The van der Waals surface area contributed by atoms with Crippen LogP contribution in [0.3, 0.4) is 0 Å². The fraction of sp³-hybridized carbons (Fsp3) is 0.529. The van der Waals surface area contributed by atoms with Crippen molar-refractivity contribution in [2.45, 2.75) is 20.3 Å². The van der Waals surface area contributed by atoms with Crippen LogP contribution in [-0.2, 0) is 16.0 Å².